The summed E-state index contributed by atoms with van der Waals surface area (Å²) in [6.07, 6.45) is 1.36. The highest BCUT2D eigenvalue weighted by molar-refractivity contribution is 14.1. The third-order valence-electron chi connectivity index (χ3n) is 2.81. The van der Waals surface area contributed by atoms with E-state index in [9.17, 15) is 4.79 Å². The standard InChI is InChI=1S/C15H11I2NO4/c16-12-5-10(7-18-21)6-13(17)14(12)22-8-9-1-3-11(4-2-9)15(19)20/h1-7,21H,8H2,(H,19,20). The summed E-state index contributed by atoms with van der Waals surface area (Å²) in [5, 5.41) is 20.5. The Labute approximate surface area is 154 Å². The first-order valence-electron chi connectivity index (χ1n) is 6.12. The largest absolute Gasteiger partial charge is 0.487 e. The smallest absolute Gasteiger partial charge is 0.335 e. The quantitative estimate of drug-likeness (QED) is 0.269. The van der Waals surface area contributed by atoms with Gasteiger partial charge in [0.15, 0.2) is 0 Å². The van der Waals surface area contributed by atoms with Crippen molar-refractivity contribution >= 4 is 57.4 Å². The minimum atomic E-state index is -0.947. The molecule has 0 heterocycles. The molecular formula is C15H11I2NO4. The summed E-state index contributed by atoms with van der Waals surface area (Å²) in [4.78, 5) is 10.8. The van der Waals surface area contributed by atoms with E-state index in [-0.39, 0.29) is 5.56 Å². The number of halogens is 2. The predicted molar refractivity (Wildman–Crippen MR) is 99.0 cm³/mol. The molecule has 2 rings (SSSR count). The van der Waals surface area contributed by atoms with Crippen LogP contribution >= 0.6 is 45.2 Å². The zero-order valence-corrected chi connectivity index (χ0v) is 15.5. The fourth-order valence-electron chi connectivity index (χ4n) is 1.76. The Kier molecular flexibility index (Phi) is 6.00. The maximum absolute atomic E-state index is 10.8. The molecule has 0 aliphatic rings. The second-order valence-corrected chi connectivity index (χ2v) is 6.67. The van der Waals surface area contributed by atoms with Crippen LogP contribution in [0.25, 0.3) is 0 Å². The lowest BCUT2D eigenvalue weighted by Gasteiger charge is -2.11. The van der Waals surface area contributed by atoms with Crippen LogP contribution in [0.2, 0.25) is 0 Å². The van der Waals surface area contributed by atoms with E-state index in [0.717, 1.165) is 24.0 Å². The number of aromatic carboxylic acids is 1. The Bertz CT molecular complexity index is 691. The number of carbonyl (C=O) groups is 1. The number of carboxylic acids is 1. The number of carboxylic acid groups (broad SMARTS) is 1. The van der Waals surface area contributed by atoms with Crippen LogP contribution in [-0.4, -0.2) is 22.5 Å². The van der Waals surface area contributed by atoms with Gasteiger partial charge in [-0.15, -0.1) is 0 Å². The van der Waals surface area contributed by atoms with Crippen LogP contribution in [0.4, 0.5) is 0 Å². The zero-order chi connectivity index (χ0) is 16.1. The second kappa shape index (κ2) is 7.77. The predicted octanol–water partition coefficient (Wildman–Crippen LogP) is 3.98. The van der Waals surface area contributed by atoms with Gasteiger partial charge in [0.1, 0.15) is 12.4 Å². The van der Waals surface area contributed by atoms with Crippen molar-refractivity contribution in [1.29, 1.82) is 0 Å². The Balaban J connectivity index is 2.12. The molecule has 0 atom stereocenters. The summed E-state index contributed by atoms with van der Waals surface area (Å²) < 4.78 is 7.63. The van der Waals surface area contributed by atoms with Gasteiger partial charge in [0.05, 0.1) is 18.9 Å². The number of rotatable bonds is 5. The van der Waals surface area contributed by atoms with Crippen LogP contribution in [0, 0.1) is 7.14 Å². The normalized spacial score (nSPS) is 10.8. The van der Waals surface area contributed by atoms with Gasteiger partial charge in [0.2, 0.25) is 0 Å². The van der Waals surface area contributed by atoms with Crippen molar-refractivity contribution in [3.05, 3.63) is 60.2 Å². The monoisotopic (exact) mass is 523 g/mol. The highest BCUT2D eigenvalue weighted by Gasteiger charge is 2.09. The van der Waals surface area contributed by atoms with Crippen molar-refractivity contribution in [2.45, 2.75) is 6.61 Å². The summed E-state index contributed by atoms with van der Waals surface area (Å²) in [6, 6.07) is 10.3. The molecule has 0 aliphatic heterocycles. The molecule has 0 unspecified atom stereocenters. The van der Waals surface area contributed by atoms with Crippen LogP contribution in [0.3, 0.4) is 0 Å². The summed E-state index contributed by atoms with van der Waals surface area (Å²) in [6.45, 7) is 0.347. The molecule has 7 heteroatoms. The molecular weight excluding hydrogens is 512 g/mol. The van der Waals surface area contributed by atoms with E-state index in [1.54, 1.807) is 24.3 Å². The van der Waals surface area contributed by atoms with E-state index in [4.69, 9.17) is 15.1 Å². The fraction of sp³-hybridized carbons (Fsp3) is 0.0667. The van der Waals surface area contributed by atoms with E-state index >= 15 is 0 Å². The molecule has 0 aliphatic carbocycles. The van der Waals surface area contributed by atoms with Crippen molar-refractivity contribution < 1.29 is 19.8 Å². The fourth-order valence-corrected chi connectivity index (χ4v) is 3.89. The van der Waals surface area contributed by atoms with Gasteiger partial charge < -0.3 is 15.1 Å². The summed E-state index contributed by atoms with van der Waals surface area (Å²) >= 11 is 4.31. The van der Waals surface area contributed by atoms with Gasteiger partial charge in [-0.25, -0.2) is 4.79 Å². The molecule has 114 valence electrons. The minimum Gasteiger partial charge on any atom is -0.487 e. The van der Waals surface area contributed by atoms with Crippen molar-refractivity contribution in [3.8, 4) is 5.75 Å². The lowest BCUT2D eigenvalue weighted by atomic mass is 10.1. The van der Waals surface area contributed by atoms with Gasteiger partial charge in [0, 0.05) is 0 Å². The number of nitrogens with zero attached hydrogens (tertiary/aromatic N) is 1. The topological polar surface area (TPSA) is 79.1 Å². The van der Waals surface area contributed by atoms with Gasteiger partial charge >= 0.3 is 5.97 Å². The molecule has 0 radical (unpaired) electrons. The first-order valence-corrected chi connectivity index (χ1v) is 8.28. The van der Waals surface area contributed by atoms with Gasteiger partial charge in [-0.2, -0.15) is 0 Å². The van der Waals surface area contributed by atoms with Crippen LogP contribution < -0.4 is 4.74 Å². The SMILES string of the molecule is O=C(O)c1ccc(COc2c(I)cc(C=NO)cc2I)cc1. The molecule has 2 N–H and O–H groups in total. The average molecular weight is 523 g/mol. The maximum atomic E-state index is 10.8. The molecule has 5 nitrogen and oxygen atoms in total. The Morgan fingerprint density at radius 3 is 2.27 bits per heavy atom. The zero-order valence-electron chi connectivity index (χ0n) is 11.2. The number of oxime groups is 1. The number of hydrogen-bond donors (Lipinski definition) is 2. The molecule has 0 bridgehead atoms. The maximum Gasteiger partial charge on any atom is 0.335 e. The third-order valence-corrected chi connectivity index (χ3v) is 4.41. The van der Waals surface area contributed by atoms with E-state index in [1.165, 1.54) is 6.21 Å². The molecule has 0 amide bonds. The second-order valence-electron chi connectivity index (χ2n) is 4.35. The number of hydrogen-bond acceptors (Lipinski definition) is 4. The Morgan fingerprint density at radius 2 is 1.77 bits per heavy atom. The molecule has 2 aromatic rings. The van der Waals surface area contributed by atoms with E-state index in [1.807, 2.05) is 12.1 Å². The lowest BCUT2D eigenvalue weighted by molar-refractivity contribution is 0.0697. The van der Waals surface area contributed by atoms with E-state index in [0.29, 0.717) is 6.61 Å². The summed E-state index contributed by atoms with van der Waals surface area (Å²) in [7, 11) is 0. The summed E-state index contributed by atoms with van der Waals surface area (Å²) in [5.41, 5.74) is 1.92. The molecule has 0 aromatic heterocycles. The Hall–Kier alpha value is -1.36. The van der Waals surface area contributed by atoms with Gasteiger partial charge in [0.25, 0.3) is 0 Å². The number of ether oxygens (including phenoxy) is 1. The van der Waals surface area contributed by atoms with E-state index < -0.39 is 5.97 Å². The molecule has 0 fully saturated rings. The van der Waals surface area contributed by atoms with Crippen molar-refractivity contribution in [3.63, 3.8) is 0 Å². The molecule has 22 heavy (non-hydrogen) atoms. The van der Waals surface area contributed by atoms with Gasteiger partial charge in [-0.05, 0) is 80.6 Å². The summed E-state index contributed by atoms with van der Waals surface area (Å²) in [5.74, 6) is -0.198. The molecule has 0 saturated heterocycles. The van der Waals surface area contributed by atoms with Crippen LogP contribution in [0.15, 0.2) is 41.6 Å². The molecule has 2 aromatic carbocycles. The molecule has 0 saturated carbocycles. The first kappa shape index (κ1) is 17.0. The highest BCUT2D eigenvalue weighted by atomic mass is 127. The van der Waals surface area contributed by atoms with Crippen molar-refractivity contribution in [2.75, 3.05) is 0 Å². The van der Waals surface area contributed by atoms with Crippen molar-refractivity contribution in [2.24, 2.45) is 5.16 Å². The van der Waals surface area contributed by atoms with Crippen LogP contribution in [0.1, 0.15) is 21.5 Å². The number of benzene rings is 2. The highest BCUT2D eigenvalue weighted by Crippen LogP contribution is 2.29. The van der Waals surface area contributed by atoms with E-state index in [2.05, 4.69) is 50.3 Å². The first-order chi connectivity index (χ1) is 10.5. The minimum absolute atomic E-state index is 0.251. The van der Waals surface area contributed by atoms with Gasteiger partial charge in [-0.3, -0.25) is 0 Å². The average Bonchev–Trinajstić information content (AvgIpc) is 2.47. The lowest BCUT2D eigenvalue weighted by Crippen LogP contribution is -2.01. The Morgan fingerprint density at radius 1 is 1.18 bits per heavy atom. The molecule has 0 spiro atoms. The van der Waals surface area contributed by atoms with Crippen LogP contribution in [0.5, 0.6) is 5.75 Å². The third kappa shape index (κ3) is 4.32. The van der Waals surface area contributed by atoms with Gasteiger partial charge in [-0.1, -0.05) is 17.3 Å². The van der Waals surface area contributed by atoms with Crippen LogP contribution in [-0.2, 0) is 6.61 Å². The van der Waals surface area contributed by atoms with Crippen molar-refractivity contribution in [1.82, 2.24) is 0 Å².